The quantitative estimate of drug-likeness (QED) is 0.660. The molecule has 1 saturated heterocycles. The fourth-order valence-electron chi connectivity index (χ4n) is 2.94. The van der Waals surface area contributed by atoms with Crippen LogP contribution >= 0.6 is 0 Å². The molecule has 3 rings (SSSR count). The van der Waals surface area contributed by atoms with Crippen molar-refractivity contribution >= 4 is 17.4 Å². The highest BCUT2D eigenvalue weighted by atomic mass is 16.5. The summed E-state index contributed by atoms with van der Waals surface area (Å²) in [5.41, 5.74) is 0.707. The van der Waals surface area contributed by atoms with Crippen LogP contribution in [0, 0.1) is 0 Å². The molecule has 0 radical (unpaired) electrons. The lowest BCUT2D eigenvalue weighted by molar-refractivity contribution is -0.121. The Balaban J connectivity index is 1.60. The van der Waals surface area contributed by atoms with Crippen LogP contribution in [0.15, 0.2) is 12.1 Å². The number of hydrogen-bond donors (Lipinski definition) is 1. The fourth-order valence-corrected chi connectivity index (χ4v) is 2.94. The van der Waals surface area contributed by atoms with Gasteiger partial charge in [-0.25, -0.2) is 0 Å². The normalized spacial score (nSPS) is 15.5. The van der Waals surface area contributed by atoms with Crippen molar-refractivity contribution in [2.75, 3.05) is 58.4 Å². The first kappa shape index (κ1) is 18.5. The molecule has 0 aliphatic carbocycles. The summed E-state index contributed by atoms with van der Waals surface area (Å²) in [7, 11) is 3.79. The van der Waals surface area contributed by atoms with Crippen LogP contribution in [0.1, 0.15) is 18.7 Å². The van der Waals surface area contributed by atoms with E-state index in [0.717, 1.165) is 38.4 Å². The summed E-state index contributed by atoms with van der Waals surface area (Å²) in [5, 5.41) is 15.9. The van der Waals surface area contributed by atoms with Gasteiger partial charge in [0.1, 0.15) is 5.82 Å². The molecule has 1 amide bonds. The Morgan fingerprint density at radius 1 is 1.23 bits per heavy atom. The Labute approximate surface area is 153 Å². The smallest absolute Gasteiger partial charge is 0.220 e. The average Bonchev–Trinajstić information content (AvgIpc) is 3.06. The number of ether oxygens (including phenoxy) is 1. The number of carbonyl (C=O) groups is 1. The first-order valence-electron chi connectivity index (χ1n) is 9.08. The van der Waals surface area contributed by atoms with Gasteiger partial charge in [-0.1, -0.05) is 0 Å². The maximum absolute atomic E-state index is 11.9. The van der Waals surface area contributed by atoms with Gasteiger partial charge in [0.25, 0.3) is 0 Å². The van der Waals surface area contributed by atoms with Crippen LogP contribution in [0.25, 0.3) is 5.65 Å². The van der Waals surface area contributed by atoms with E-state index < -0.39 is 0 Å². The van der Waals surface area contributed by atoms with Gasteiger partial charge in [0.05, 0.1) is 0 Å². The SMILES string of the molecule is COCCCNC(=O)CCc1nnc2ccc(N3CCN(C)CC3)nn12. The predicted octanol–water partition coefficient (Wildman–Crippen LogP) is -0.0386. The predicted molar refractivity (Wildman–Crippen MR) is 98.3 cm³/mol. The second-order valence-corrected chi connectivity index (χ2v) is 6.56. The molecule has 3 heterocycles. The second-order valence-electron chi connectivity index (χ2n) is 6.56. The molecule has 0 aromatic carbocycles. The Bertz CT molecular complexity index is 725. The number of amides is 1. The van der Waals surface area contributed by atoms with E-state index >= 15 is 0 Å². The van der Waals surface area contributed by atoms with Gasteiger partial charge in [0.15, 0.2) is 11.5 Å². The number of likely N-dealkylation sites (N-methyl/N-ethyl adjacent to an activating group) is 1. The zero-order valence-corrected chi connectivity index (χ0v) is 15.5. The molecule has 1 fully saturated rings. The van der Waals surface area contributed by atoms with E-state index in [1.807, 2.05) is 12.1 Å². The Morgan fingerprint density at radius 2 is 2.04 bits per heavy atom. The van der Waals surface area contributed by atoms with Gasteiger partial charge >= 0.3 is 0 Å². The number of anilines is 1. The van der Waals surface area contributed by atoms with Crippen LogP contribution < -0.4 is 10.2 Å². The number of carbonyl (C=O) groups excluding carboxylic acids is 1. The summed E-state index contributed by atoms with van der Waals surface area (Å²) >= 11 is 0. The molecule has 142 valence electrons. The minimum atomic E-state index is 0.00748. The number of rotatable bonds is 8. The molecule has 26 heavy (non-hydrogen) atoms. The number of nitrogens with one attached hydrogen (secondary N) is 1. The van der Waals surface area contributed by atoms with Gasteiger partial charge in [0.2, 0.25) is 5.91 Å². The molecule has 2 aromatic heterocycles. The molecular weight excluding hydrogens is 334 g/mol. The molecule has 0 atom stereocenters. The fraction of sp³-hybridized carbons (Fsp3) is 0.647. The maximum atomic E-state index is 11.9. The van der Waals surface area contributed by atoms with Gasteiger partial charge < -0.3 is 19.9 Å². The highest BCUT2D eigenvalue weighted by Gasteiger charge is 2.17. The van der Waals surface area contributed by atoms with Gasteiger partial charge in [-0.2, -0.15) is 4.52 Å². The average molecular weight is 361 g/mol. The molecule has 1 aliphatic rings. The molecule has 2 aromatic rings. The Hall–Kier alpha value is -2.26. The van der Waals surface area contributed by atoms with Crippen LogP contribution in [0.5, 0.6) is 0 Å². The summed E-state index contributed by atoms with van der Waals surface area (Å²) in [6, 6.07) is 3.92. The van der Waals surface area contributed by atoms with Crippen LogP contribution in [-0.2, 0) is 16.0 Å². The lowest BCUT2D eigenvalue weighted by Crippen LogP contribution is -2.45. The molecule has 0 saturated carbocycles. The van der Waals surface area contributed by atoms with Crippen molar-refractivity contribution in [3.05, 3.63) is 18.0 Å². The van der Waals surface area contributed by atoms with Gasteiger partial charge in [0, 0.05) is 59.3 Å². The summed E-state index contributed by atoms with van der Waals surface area (Å²) < 4.78 is 6.73. The molecule has 0 spiro atoms. The van der Waals surface area contributed by atoms with Crippen LogP contribution in [0.2, 0.25) is 0 Å². The highest BCUT2D eigenvalue weighted by Crippen LogP contribution is 2.14. The first-order chi connectivity index (χ1) is 12.7. The molecule has 1 aliphatic heterocycles. The van der Waals surface area contributed by atoms with Crippen molar-refractivity contribution in [2.24, 2.45) is 0 Å². The van der Waals surface area contributed by atoms with Crippen molar-refractivity contribution < 1.29 is 9.53 Å². The third-order valence-electron chi connectivity index (χ3n) is 4.56. The van der Waals surface area contributed by atoms with Gasteiger partial charge in [-0.05, 0) is 25.6 Å². The highest BCUT2D eigenvalue weighted by molar-refractivity contribution is 5.76. The van der Waals surface area contributed by atoms with Crippen molar-refractivity contribution in [1.29, 1.82) is 0 Å². The van der Waals surface area contributed by atoms with Gasteiger partial charge in [-0.15, -0.1) is 15.3 Å². The van der Waals surface area contributed by atoms with Crippen LogP contribution in [-0.4, -0.2) is 84.1 Å². The van der Waals surface area contributed by atoms with Gasteiger partial charge in [-0.3, -0.25) is 4.79 Å². The Morgan fingerprint density at radius 3 is 2.81 bits per heavy atom. The molecule has 0 bridgehead atoms. The van der Waals surface area contributed by atoms with E-state index in [4.69, 9.17) is 9.84 Å². The largest absolute Gasteiger partial charge is 0.385 e. The van der Waals surface area contributed by atoms with E-state index in [9.17, 15) is 4.79 Å². The van der Waals surface area contributed by atoms with E-state index in [1.165, 1.54) is 0 Å². The van der Waals surface area contributed by atoms with E-state index in [1.54, 1.807) is 11.6 Å². The molecule has 9 nitrogen and oxygen atoms in total. The maximum Gasteiger partial charge on any atom is 0.220 e. The zero-order chi connectivity index (χ0) is 18.4. The monoisotopic (exact) mass is 361 g/mol. The molecular formula is C17H27N7O2. The minimum Gasteiger partial charge on any atom is -0.385 e. The standard InChI is InChI=1S/C17H27N7O2/c1-22-9-11-23(12-10-22)16-5-4-14-19-20-15(24(14)21-16)6-7-17(25)18-8-3-13-26-2/h4-5H,3,6-13H2,1-2H3,(H,18,25). The summed E-state index contributed by atoms with van der Waals surface area (Å²) in [6.07, 6.45) is 1.69. The summed E-state index contributed by atoms with van der Waals surface area (Å²) in [6.45, 7) is 5.23. The van der Waals surface area contributed by atoms with E-state index in [0.29, 0.717) is 37.5 Å². The van der Waals surface area contributed by atoms with Crippen molar-refractivity contribution in [1.82, 2.24) is 30.0 Å². The van der Waals surface area contributed by atoms with Crippen molar-refractivity contribution in [3.8, 4) is 0 Å². The Kier molecular flexibility index (Phi) is 6.35. The lowest BCUT2D eigenvalue weighted by Gasteiger charge is -2.33. The summed E-state index contributed by atoms with van der Waals surface area (Å²) in [5.74, 6) is 1.65. The first-order valence-corrected chi connectivity index (χ1v) is 9.08. The minimum absolute atomic E-state index is 0.00748. The number of aromatic nitrogens is 4. The second kappa shape index (κ2) is 8.91. The topological polar surface area (TPSA) is 87.9 Å². The lowest BCUT2D eigenvalue weighted by atomic mass is 10.3. The number of hydrogen-bond acceptors (Lipinski definition) is 7. The van der Waals surface area contributed by atoms with E-state index in [2.05, 4.69) is 32.4 Å². The third kappa shape index (κ3) is 4.67. The van der Waals surface area contributed by atoms with Crippen LogP contribution in [0.3, 0.4) is 0 Å². The van der Waals surface area contributed by atoms with Crippen LogP contribution in [0.4, 0.5) is 5.82 Å². The number of fused-ring (bicyclic) bond motifs is 1. The van der Waals surface area contributed by atoms with Crippen molar-refractivity contribution in [3.63, 3.8) is 0 Å². The molecule has 0 unspecified atom stereocenters. The number of methoxy groups -OCH3 is 1. The van der Waals surface area contributed by atoms with Crippen molar-refractivity contribution in [2.45, 2.75) is 19.3 Å². The number of aryl methyl sites for hydroxylation is 1. The number of nitrogens with zero attached hydrogens (tertiary/aromatic N) is 6. The molecule has 1 N–H and O–H groups in total. The summed E-state index contributed by atoms with van der Waals surface area (Å²) in [4.78, 5) is 16.5. The molecule has 9 heteroatoms. The van der Waals surface area contributed by atoms with E-state index in [-0.39, 0.29) is 5.91 Å². The third-order valence-corrected chi connectivity index (χ3v) is 4.56. The number of piperazine rings is 1. The zero-order valence-electron chi connectivity index (χ0n) is 15.5.